The number of amides is 1. The van der Waals surface area contributed by atoms with Gasteiger partial charge in [0.05, 0.1) is 23.7 Å². The Hall–Kier alpha value is -3.02. The van der Waals surface area contributed by atoms with E-state index in [2.05, 4.69) is 5.32 Å². The Morgan fingerprint density at radius 3 is 2.16 bits per heavy atom. The van der Waals surface area contributed by atoms with Crippen LogP contribution in [0.3, 0.4) is 0 Å². The van der Waals surface area contributed by atoms with Crippen LogP contribution in [0.25, 0.3) is 0 Å². The number of likely N-dealkylation sites (N-methyl/N-ethyl adjacent to an activating group) is 1. The van der Waals surface area contributed by atoms with Crippen molar-refractivity contribution in [3.8, 4) is 0 Å². The lowest BCUT2D eigenvalue weighted by atomic mass is 9.96. The van der Waals surface area contributed by atoms with E-state index in [0.717, 1.165) is 12.1 Å². The Labute approximate surface area is 216 Å². The van der Waals surface area contributed by atoms with E-state index in [1.54, 1.807) is 4.90 Å². The molecule has 2 aromatic carbocycles. The Bertz CT molecular complexity index is 1140. The molecule has 0 aliphatic carbocycles. The van der Waals surface area contributed by atoms with Gasteiger partial charge in [0.2, 0.25) is 5.91 Å². The van der Waals surface area contributed by atoms with Gasteiger partial charge in [-0.2, -0.15) is 26.3 Å². The fraction of sp³-hybridized carbons (Fsp3) is 0.500. The molecule has 0 saturated carbocycles. The number of hydrogen-bond donors (Lipinski definition) is 1. The van der Waals surface area contributed by atoms with Gasteiger partial charge in [0.15, 0.2) is 0 Å². The normalized spacial score (nSPS) is 18.3. The monoisotopic (exact) mass is 546 g/mol. The Kier molecular flexibility index (Phi) is 8.10. The summed E-state index contributed by atoms with van der Waals surface area (Å²) in [4.78, 5) is 17.2. The minimum absolute atomic E-state index is 0.0369. The molecule has 2 aliphatic heterocycles. The van der Waals surface area contributed by atoms with E-state index in [9.17, 15) is 35.5 Å². The summed E-state index contributed by atoms with van der Waals surface area (Å²) in [5.41, 5.74) is -0.497. The summed E-state index contributed by atoms with van der Waals surface area (Å²) in [5, 5.41) is 2.77. The van der Waals surface area contributed by atoms with E-state index < -0.39 is 29.7 Å². The van der Waals surface area contributed by atoms with Crippen molar-refractivity contribution < 1.29 is 35.5 Å². The van der Waals surface area contributed by atoms with Crippen molar-refractivity contribution in [2.75, 3.05) is 49.5 Å². The van der Waals surface area contributed by atoms with Crippen molar-refractivity contribution >= 4 is 23.0 Å². The van der Waals surface area contributed by atoms with E-state index in [-0.39, 0.29) is 67.6 Å². The maximum absolute atomic E-state index is 14.8. The smallest absolute Gasteiger partial charge is 0.369 e. The van der Waals surface area contributed by atoms with Crippen molar-refractivity contribution in [3.63, 3.8) is 0 Å². The van der Waals surface area contributed by atoms with Crippen LogP contribution in [0.5, 0.6) is 0 Å². The molecule has 2 fully saturated rings. The maximum Gasteiger partial charge on any atom is 0.416 e. The number of anilines is 3. The molecule has 2 aromatic rings. The number of nitrogens with zero attached hydrogens (tertiary/aromatic N) is 3. The lowest BCUT2D eigenvalue weighted by molar-refractivity contribution is -0.179. The van der Waals surface area contributed by atoms with Crippen LogP contribution in [0, 0.1) is 11.7 Å². The summed E-state index contributed by atoms with van der Waals surface area (Å²) >= 11 is 0. The fourth-order valence-corrected chi connectivity index (χ4v) is 4.91. The number of carbonyl (C=O) groups is 1. The third-order valence-corrected chi connectivity index (χ3v) is 7.16. The van der Waals surface area contributed by atoms with Crippen molar-refractivity contribution in [1.29, 1.82) is 0 Å². The number of nitrogens with one attached hydrogen (secondary N) is 1. The number of benzene rings is 2. The molecular formula is C26H29F7N4O. The van der Waals surface area contributed by atoms with Crippen molar-refractivity contribution in [2.45, 2.75) is 38.7 Å². The quantitative estimate of drug-likeness (QED) is 0.449. The molecule has 0 unspecified atom stereocenters. The second kappa shape index (κ2) is 11.0. The summed E-state index contributed by atoms with van der Waals surface area (Å²) in [7, 11) is 0. The van der Waals surface area contributed by atoms with Crippen molar-refractivity contribution in [1.82, 2.24) is 9.80 Å². The highest BCUT2D eigenvalue weighted by Crippen LogP contribution is 2.38. The lowest BCUT2D eigenvalue weighted by Crippen LogP contribution is -2.49. The first kappa shape index (κ1) is 28.0. The molecule has 208 valence electrons. The summed E-state index contributed by atoms with van der Waals surface area (Å²) in [5.74, 6) is -2.32. The summed E-state index contributed by atoms with van der Waals surface area (Å²) in [6.45, 7) is 3.64. The molecule has 2 aliphatic rings. The second-order valence-corrected chi connectivity index (χ2v) is 9.65. The first-order valence-corrected chi connectivity index (χ1v) is 12.4. The molecule has 12 heteroatoms. The number of piperazine rings is 1. The van der Waals surface area contributed by atoms with Gasteiger partial charge in [0.25, 0.3) is 0 Å². The van der Waals surface area contributed by atoms with Crippen LogP contribution in [0.2, 0.25) is 0 Å². The highest BCUT2D eigenvalue weighted by molar-refractivity contribution is 5.79. The largest absolute Gasteiger partial charge is 0.416 e. The highest BCUT2D eigenvalue weighted by Gasteiger charge is 2.41. The molecule has 38 heavy (non-hydrogen) atoms. The van der Waals surface area contributed by atoms with Gasteiger partial charge < -0.3 is 15.1 Å². The first-order valence-electron chi connectivity index (χ1n) is 12.4. The lowest BCUT2D eigenvalue weighted by Gasteiger charge is -2.34. The van der Waals surface area contributed by atoms with Crippen LogP contribution in [-0.4, -0.2) is 61.2 Å². The van der Waals surface area contributed by atoms with Crippen LogP contribution in [-0.2, 0) is 17.5 Å². The molecule has 0 bridgehead atoms. The zero-order valence-electron chi connectivity index (χ0n) is 20.8. The van der Waals surface area contributed by atoms with Gasteiger partial charge >= 0.3 is 12.4 Å². The van der Waals surface area contributed by atoms with E-state index in [4.69, 9.17) is 0 Å². The molecule has 4 rings (SSSR count). The molecule has 1 N–H and O–H groups in total. The van der Waals surface area contributed by atoms with Gasteiger partial charge in [-0.1, -0.05) is 13.0 Å². The Morgan fingerprint density at radius 1 is 0.921 bits per heavy atom. The molecule has 2 saturated heterocycles. The van der Waals surface area contributed by atoms with Crippen molar-refractivity contribution in [3.05, 3.63) is 53.3 Å². The zero-order valence-corrected chi connectivity index (χ0v) is 20.8. The van der Waals surface area contributed by atoms with E-state index in [1.807, 2.05) is 11.8 Å². The number of rotatable bonds is 6. The number of carbonyl (C=O) groups excluding carboxylic acids is 1. The van der Waals surface area contributed by atoms with Gasteiger partial charge in [-0.05, 0) is 55.3 Å². The van der Waals surface area contributed by atoms with Gasteiger partial charge in [0, 0.05) is 44.1 Å². The number of halogens is 7. The standard InChI is InChI=1S/C26H29F7N4O/c1-2-35-11-12-37(24(38)16-35)15-17-3-4-19(13-21(17)26(31,32)33)34-20-5-6-23(22(27)14-20)36-9-7-18(8-10-36)25(28,29)30/h3-6,13-14,18,34H,2,7-12,15-16H2,1H3. The van der Waals surface area contributed by atoms with Gasteiger partial charge in [-0.3, -0.25) is 9.69 Å². The molecule has 2 heterocycles. The number of alkyl halides is 6. The average molecular weight is 547 g/mol. The summed E-state index contributed by atoms with van der Waals surface area (Å²) < 4.78 is 95.2. The van der Waals surface area contributed by atoms with Crippen LogP contribution < -0.4 is 10.2 Å². The average Bonchev–Trinajstić information content (AvgIpc) is 2.85. The van der Waals surface area contributed by atoms with Gasteiger partial charge in [-0.15, -0.1) is 0 Å². The number of hydrogen-bond acceptors (Lipinski definition) is 4. The van der Waals surface area contributed by atoms with Crippen LogP contribution >= 0.6 is 0 Å². The molecule has 1 amide bonds. The molecule has 5 nitrogen and oxygen atoms in total. The summed E-state index contributed by atoms with van der Waals surface area (Å²) in [6, 6.07) is 7.66. The Morgan fingerprint density at radius 2 is 1.58 bits per heavy atom. The van der Waals surface area contributed by atoms with Crippen LogP contribution in [0.15, 0.2) is 36.4 Å². The minimum atomic E-state index is -4.67. The van der Waals surface area contributed by atoms with E-state index in [0.29, 0.717) is 19.6 Å². The predicted molar refractivity (Wildman–Crippen MR) is 130 cm³/mol. The van der Waals surface area contributed by atoms with E-state index in [1.165, 1.54) is 29.2 Å². The van der Waals surface area contributed by atoms with Crippen molar-refractivity contribution in [2.24, 2.45) is 5.92 Å². The van der Waals surface area contributed by atoms with Gasteiger partial charge in [-0.25, -0.2) is 4.39 Å². The topological polar surface area (TPSA) is 38.8 Å². The molecule has 0 radical (unpaired) electrons. The third kappa shape index (κ3) is 6.51. The molecule has 0 spiro atoms. The van der Waals surface area contributed by atoms with Gasteiger partial charge in [0.1, 0.15) is 5.82 Å². The third-order valence-electron chi connectivity index (χ3n) is 7.16. The molecule has 0 atom stereocenters. The highest BCUT2D eigenvalue weighted by atomic mass is 19.4. The maximum atomic E-state index is 14.8. The van der Waals surface area contributed by atoms with Crippen LogP contribution in [0.4, 0.5) is 47.8 Å². The Balaban J connectivity index is 1.46. The van der Waals surface area contributed by atoms with E-state index >= 15 is 0 Å². The minimum Gasteiger partial charge on any atom is -0.369 e. The molecular weight excluding hydrogens is 517 g/mol. The first-order chi connectivity index (χ1) is 17.8. The molecule has 0 aromatic heterocycles. The van der Waals surface area contributed by atoms with Crippen LogP contribution in [0.1, 0.15) is 30.9 Å². The SMILES string of the molecule is CCN1CCN(Cc2ccc(Nc3ccc(N4CCC(C(F)(F)F)CC4)c(F)c3)cc2C(F)(F)F)C(=O)C1. The summed E-state index contributed by atoms with van der Waals surface area (Å²) in [6.07, 6.45) is -9.20. The zero-order chi connectivity index (χ0) is 27.7. The second-order valence-electron chi connectivity index (χ2n) is 9.65. The number of piperidine rings is 1. The fourth-order valence-electron chi connectivity index (χ4n) is 4.91. The predicted octanol–water partition coefficient (Wildman–Crippen LogP) is 6.03.